The number of hydrogen-bond donors (Lipinski definition) is 0. The molecule has 0 unspecified atom stereocenters. The van der Waals surface area contributed by atoms with Gasteiger partial charge >= 0.3 is 18.1 Å². The molecule has 1 fully saturated rings. The molecule has 1 aromatic carbocycles. The van der Waals surface area contributed by atoms with Crippen LogP contribution in [-0.4, -0.2) is 58.0 Å². The van der Waals surface area contributed by atoms with Crippen LogP contribution in [0.2, 0.25) is 0 Å². The van der Waals surface area contributed by atoms with Gasteiger partial charge in [0, 0.05) is 25.8 Å². The molecule has 1 aliphatic heterocycles. The zero-order valence-electron chi connectivity index (χ0n) is 14.0. The summed E-state index contributed by atoms with van der Waals surface area (Å²) in [6, 6.07) is 4.01. The minimum atomic E-state index is -5.03. The fourth-order valence-corrected chi connectivity index (χ4v) is 2.47. The van der Waals surface area contributed by atoms with Crippen molar-refractivity contribution in [1.82, 2.24) is 0 Å². The molecule has 2 rings (SSSR count). The summed E-state index contributed by atoms with van der Waals surface area (Å²) in [5.41, 5.74) is 0.422. The van der Waals surface area contributed by atoms with E-state index in [1.165, 1.54) is 18.2 Å². The molecule has 0 atom stereocenters. The largest absolute Gasteiger partial charge is 0.471 e. The van der Waals surface area contributed by atoms with Gasteiger partial charge in [-0.15, -0.1) is 6.42 Å². The van der Waals surface area contributed by atoms with Gasteiger partial charge in [0.1, 0.15) is 0 Å². The number of terminal acetylenes is 1. The molecule has 0 saturated carbocycles. The maximum absolute atomic E-state index is 12.7. The van der Waals surface area contributed by atoms with Crippen LogP contribution >= 0.6 is 0 Å². The lowest BCUT2D eigenvalue weighted by Gasteiger charge is -2.31. The van der Waals surface area contributed by atoms with Crippen LogP contribution in [0, 0.1) is 12.3 Å². The van der Waals surface area contributed by atoms with E-state index in [0.717, 1.165) is 7.05 Å². The molecule has 1 heterocycles. The van der Waals surface area contributed by atoms with E-state index in [-0.39, 0.29) is 17.9 Å². The second-order valence-corrected chi connectivity index (χ2v) is 5.44. The van der Waals surface area contributed by atoms with Gasteiger partial charge in [-0.05, 0) is 18.2 Å². The number of nitrogens with zero attached hydrogens (tertiary/aromatic N) is 2. The molecule has 6 nitrogen and oxygen atoms in total. The zero-order chi connectivity index (χ0) is 19.3. The Morgan fingerprint density at radius 1 is 1.35 bits per heavy atom. The van der Waals surface area contributed by atoms with Crippen molar-refractivity contribution in [2.75, 3.05) is 49.8 Å². The van der Waals surface area contributed by atoms with Crippen molar-refractivity contribution in [1.29, 1.82) is 0 Å². The summed E-state index contributed by atoms with van der Waals surface area (Å²) in [4.78, 5) is 26.0. The lowest BCUT2D eigenvalue weighted by molar-refractivity contribution is -0.170. The zero-order valence-corrected chi connectivity index (χ0v) is 14.0. The summed E-state index contributed by atoms with van der Waals surface area (Å²) in [5, 5.41) is 0. The summed E-state index contributed by atoms with van der Waals surface area (Å²) in [6.07, 6.45) is 0.0434. The topological polar surface area (TPSA) is 59.1 Å². The van der Waals surface area contributed by atoms with Crippen LogP contribution in [0.3, 0.4) is 0 Å². The molecule has 0 radical (unpaired) electrons. The summed E-state index contributed by atoms with van der Waals surface area (Å²) in [6.45, 7) is 1.64. The molecular weight excluding hydrogens is 353 g/mol. The number of benzene rings is 1. The predicted molar refractivity (Wildman–Crippen MR) is 88.1 cm³/mol. The van der Waals surface area contributed by atoms with Crippen molar-refractivity contribution in [3.05, 3.63) is 23.8 Å². The molecule has 140 valence electrons. The molecule has 0 N–H and O–H groups in total. The molecule has 1 aliphatic rings. The monoisotopic (exact) mass is 370 g/mol. The Kier molecular flexibility index (Phi) is 6.10. The van der Waals surface area contributed by atoms with Crippen LogP contribution in [0.5, 0.6) is 0 Å². The number of carbonyl (C=O) groups excluding carboxylic acids is 2. The van der Waals surface area contributed by atoms with Crippen LogP contribution < -0.4 is 9.80 Å². The standard InChI is InChI=1S/C17H17F3N2O4/c1-3-8-26-15(23)13-11-12(21(2)16(24)17(18,19)20)4-5-14(13)22-6-9-25-10-7-22/h1,4-5,11H,6-10H2,2H3. The Balaban J connectivity index is 2.39. The first kappa shape index (κ1) is 19.6. The van der Waals surface area contributed by atoms with Gasteiger partial charge in [-0.25, -0.2) is 4.79 Å². The maximum atomic E-state index is 12.7. The van der Waals surface area contributed by atoms with Crippen LogP contribution in [0.25, 0.3) is 0 Å². The number of carbonyl (C=O) groups is 2. The number of alkyl halides is 3. The van der Waals surface area contributed by atoms with E-state index in [1.807, 2.05) is 4.90 Å². The highest BCUT2D eigenvalue weighted by Crippen LogP contribution is 2.29. The SMILES string of the molecule is C#CCOC(=O)c1cc(N(C)C(=O)C(F)(F)F)ccc1N1CCOCC1. The third-order valence-electron chi connectivity index (χ3n) is 3.77. The highest BCUT2D eigenvalue weighted by atomic mass is 19.4. The molecule has 26 heavy (non-hydrogen) atoms. The van der Waals surface area contributed by atoms with Gasteiger partial charge in [0.05, 0.1) is 24.5 Å². The quantitative estimate of drug-likeness (QED) is 0.598. The van der Waals surface area contributed by atoms with Crippen molar-refractivity contribution in [2.45, 2.75) is 6.18 Å². The smallest absolute Gasteiger partial charge is 0.449 e. The Bertz CT molecular complexity index is 722. The first-order valence-corrected chi connectivity index (χ1v) is 7.68. The summed E-state index contributed by atoms with van der Waals surface area (Å²) < 4.78 is 48.1. The second-order valence-electron chi connectivity index (χ2n) is 5.44. The van der Waals surface area contributed by atoms with Gasteiger partial charge in [0.25, 0.3) is 0 Å². The van der Waals surface area contributed by atoms with Crippen molar-refractivity contribution in [3.63, 3.8) is 0 Å². The third kappa shape index (κ3) is 4.46. The third-order valence-corrected chi connectivity index (χ3v) is 3.77. The van der Waals surface area contributed by atoms with E-state index in [9.17, 15) is 22.8 Å². The highest BCUT2D eigenvalue weighted by Gasteiger charge is 2.42. The van der Waals surface area contributed by atoms with Crippen LogP contribution in [0.4, 0.5) is 24.5 Å². The number of morpholine rings is 1. The fraction of sp³-hybridized carbons (Fsp3) is 0.412. The highest BCUT2D eigenvalue weighted by molar-refractivity contribution is 6.01. The van der Waals surface area contributed by atoms with E-state index in [2.05, 4.69) is 5.92 Å². The number of esters is 1. The summed E-state index contributed by atoms with van der Waals surface area (Å²) in [5.74, 6) is -0.668. The lowest BCUT2D eigenvalue weighted by Crippen LogP contribution is -2.39. The van der Waals surface area contributed by atoms with Crippen molar-refractivity contribution < 1.29 is 32.2 Å². The Morgan fingerprint density at radius 2 is 2.00 bits per heavy atom. The summed E-state index contributed by atoms with van der Waals surface area (Å²) in [7, 11) is 0.982. The van der Waals surface area contributed by atoms with Crippen LogP contribution in [0.1, 0.15) is 10.4 Å². The Hall–Kier alpha value is -2.73. The number of anilines is 2. The van der Waals surface area contributed by atoms with Gasteiger partial charge in [0.15, 0.2) is 6.61 Å². The van der Waals surface area contributed by atoms with E-state index in [4.69, 9.17) is 15.9 Å². The second kappa shape index (κ2) is 8.10. The van der Waals surface area contributed by atoms with E-state index >= 15 is 0 Å². The average Bonchev–Trinajstić information content (AvgIpc) is 2.64. The molecule has 1 amide bonds. The number of halogens is 3. The van der Waals surface area contributed by atoms with Crippen LogP contribution in [0.15, 0.2) is 18.2 Å². The first-order chi connectivity index (χ1) is 12.3. The molecular formula is C17H17F3N2O4. The average molecular weight is 370 g/mol. The molecule has 1 aromatic rings. The first-order valence-electron chi connectivity index (χ1n) is 7.68. The number of hydrogen-bond acceptors (Lipinski definition) is 5. The van der Waals surface area contributed by atoms with Gasteiger partial charge in [-0.3, -0.25) is 4.79 Å². The molecule has 1 saturated heterocycles. The number of amides is 1. The van der Waals surface area contributed by atoms with Gasteiger partial charge in [-0.2, -0.15) is 13.2 Å². The summed E-state index contributed by atoms with van der Waals surface area (Å²) >= 11 is 0. The lowest BCUT2D eigenvalue weighted by atomic mass is 10.1. The molecule has 0 aromatic heterocycles. The minimum Gasteiger partial charge on any atom is -0.449 e. The van der Waals surface area contributed by atoms with Gasteiger partial charge < -0.3 is 19.3 Å². The Morgan fingerprint density at radius 3 is 2.58 bits per heavy atom. The molecule has 0 spiro atoms. The van der Waals surface area contributed by atoms with Crippen LogP contribution in [-0.2, 0) is 14.3 Å². The van der Waals surface area contributed by atoms with E-state index in [0.29, 0.717) is 36.9 Å². The van der Waals surface area contributed by atoms with Gasteiger partial charge in [-0.1, -0.05) is 5.92 Å². The molecule has 9 heteroatoms. The van der Waals surface area contributed by atoms with Crippen molar-refractivity contribution in [2.24, 2.45) is 0 Å². The fourth-order valence-electron chi connectivity index (χ4n) is 2.47. The van der Waals surface area contributed by atoms with Crippen molar-refractivity contribution in [3.8, 4) is 12.3 Å². The number of rotatable bonds is 4. The molecule has 0 aliphatic carbocycles. The number of ether oxygens (including phenoxy) is 2. The van der Waals surface area contributed by atoms with E-state index < -0.39 is 18.1 Å². The predicted octanol–water partition coefficient (Wildman–Crippen LogP) is 1.84. The maximum Gasteiger partial charge on any atom is 0.471 e. The Labute approximate surface area is 148 Å². The van der Waals surface area contributed by atoms with Crippen molar-refractivity contribution >= 4 is 23.3 Å². The van der Waals surface area contributed by atoms with E-state index in [1.54, 1.807) is 0 Å². The minimum absolute atomic E-state index is 0.0291. The van der Waals surface area contributed by atoms with Gasteiger partial charge in [0.2, 0.25) is 0 Å². The normalized spacial score (nSPS) is 14.5. The molecule has 0 bridgehead atoms.